The number of aromatic nitrogens is 2. The molecule has 0 saturated carbocycles. The number of benzene rings is 1. The third-order valence-electron chi connectivity index (χ3n) is 2.53. The van der Waals surface area contributed by atoms with Crippen LogP contribution in [0.3, 0.4) is 0 Å². The Morgan fingerprint density at radius 1 is 1.18 bits per heavy atom. The molecule has 0 radical (unpaired) electrons. The lowest BCUT2D eigenvalue weighted by Gasteiger charge is -2.16. The van der Waals surface area contributed by atoms with Crippen molar-refractivity contribution in [1.82, 2.24) is 15.3 Å². The van der Waals surface area contributed by atoms with Gasteiger partial charge >= 0.3 is 0 Å². The number of aliphatic hydroxyl groups is 1. The molecule has 0 saturated heterocycles. The quantitative estimate of drug-likeness (QED) is 0.811. The van der Waals surface area contributed by atoms with Crippen LogP contribution in [-0.4, -0.2) is 21.7 Å². The maximum Gasteiger partial charge on any atom is 0.0724 e. The van der Waals surface area contributed by atoms with Gasteiger partial charge in [-0.2, -0.15) is 0 Å². The van der Waals surface area contributed by atoms with Crippen LogP contribution in [0, 0.1) is 0 Å². The molecule has 2 rings (SSSR count). The summed E-state index contributed by atoms with van der Waals surface area (Å²) in [5.41, 5.74) is 1.93. The lowest BCUT2D eigenvalue weighted by molar-refractivity contribution is 0.243. The van der Waals surface area contributed by atoms with Crippen LogP contribution in [-0.2, 0) is 6.54 Å². The molecule has 4 heteroatoms. The molecule has 0 aliphatic rings. The number of rotatable bonds is 5. The summed E-state index contributed by atoms with van der Waals surface area (Å²) in [7, 11) is 0. The van der Waals surface area contributed by atoms with Crippen molar-refractivity contribution in [2.45, 2.75) is 12.6 Å². The average molecular weight is 229 g/mol. The van der Waals surface area contributed by atoms with Crippen molar-refractivity contribution in [2.75, 3.05) is 6.61 Å². The van der Waals surface area contributed by atoms with Gasteiger partial charge in [0.1, 0.15) is 0 Å². The molecule has 0 spiro atoms. The van der Waals surface area contributed by atoms with Crippen molar-refractivity contribution in [3.05, 3.63) is 60.2 Å². The molecule has 0 unspecified atom stereocenters. The van der Waals surface area contributed by atoms with Crippen LogP contribution >= 0.6 is 0 Å². The van der Waals surface area contributed by atoms with Crippen molar-refractivity contribution in [1.29, 1.82) is 0 Å². The van der Waals surface area contributed by atoms with Crippen molar-refractivity contribution in [3.63, 3.8) is 0 Å². The maximum absolute atomic E-state index is 9.36. The smallest absolute Gasteiger partial charge is 0.0724 e. The zero-order valence-corrected chi connectivity index (χ0v) is 9.45. The van der Waals surface area contributed by atoms with E-state index in [1.54, 1.807) is 18.6 Å². The first kappa shape index (κ1) is 11.7. The Morgan fingerprint density at radius 3 is 2.65 bits per heavy atom. The molecule has 1 aromatic heterocycles. The van der Waals surface area contributed by atoms with Crippen molar-refractivity contribution < 1.29 is 5.11 Å². The first-order valence-corrected chi connectivity index (χ1v) is 5.54. The van der Waals surface area contributed by atoms with Gasteiger partial charge in [0, 0.05) is 25.1 Å². The molecule has 0 aliphatic heterocycles. The minimum Gasteiger partial charge on any atom is -0.394 e. The summed E-state index contributed by atoms with van der Waals surface area (Å²) in [6.45, 7) is 0.651. The predicted octanol–water partition coefficient (Wildman–Crippen LogP) is 1.30. The van der Waals surface area contributed by atoms with Crippen molar-refractivity contribution >= 4 is 0 Å². The van der Waals surface area contributed by atoms with E-state index in [4.69, 9.17) is 0 Å². The number of nitrogens with zero attached hydrogens (tertiary/aromatic N) is 2. The van der Waals surface area contributed by atoms with Crippen LogP contribution in [0.4, 0.5) is 0 Å². The number of hydrogen-bond donors (Lipinski definition) is 2. The van der Waals surface area contributed by atoms with Crippen LogP contribution in [0.15, 0.2) is 48.9 Å². The van der Waals surface area contributed by atoms with Gasteiger partial charge < -0.3 is 10.4 Å². The minimum atomic E-state index is -0.0711. The lowest BCUT2D eigenvalue weighted by atomic mass is 10.1. The summed E-state index contributed by atoms with van der Waals surface area (Å²) >= 11 is 0. The van der Waals surface area contributed by atoms with E-state index in [-0.39, 0.29) is 12.6 Å². The van der Waals surface area contributed by atoms with E-state index in [0.29, 0.717) is 6.54 Å². The fraction of sp³-hybridized carbons (Fsp3) is 0.231. The highest BCUT2D eigenvalue weighted by molar-refractivity contribution is 5.19. The zero-order chi connectivity index (χ0) is 11.9. The van der Waals surface area contributed by atoms with E-state index in [1.807, 2.05) is 30.3 Å². The third kappa shape index (κ3) is 3.34. The Balaban J connectivity index is 1.97. The number of nitrogens with one attached hydrogen (secondary N) is 1. The molecule has 4 nitrogen and oxygen atoms in total. The molecule has 1 atom stereocenters. The van der Waals surface area contributed by atoms with Crippen LogP contribution in [0.1, 0.15) is 17.3 Å². The summed E-state index contributed by atoms with van der Waals surface area (Å²) in [6.07, 6.45) is 5.02. The Kier molecular flexibility index (Phi) is 4.18. The highest BCUT2D eigenvalue weighted by atomic mass is 16.3. The van der Waals surface area contributed by atoms with E-state index in [0.717, 1.165) is 11.3 Å². The zero-order valence-electron chi connectivity index (χ0n) is 9.45. The Labute approximate surface area is 100 Å². The van der Waals surface area contributed by atoms with Crippen LogP contribution in [0.5, 0.6) is 0 Å². The topological polar surface area (TPSA) is 58.0 Å². The monoisotopic (exact) mass is 229 g/mol. The van der Waals surface area contributed by atoms with E-state index in [1.165, 1.54) is 0 Å². The third-order valence-corrected chi connectivity index (χ3v) is 2.53. The van der Waals surface area contributed by atoms with Gasteiger partial charge in [0.15, 0.2) is 0 Å². The predicted molar refractivity (Wildman–Crippen MR) is 65.1 cm³/mol. The first-order valence-electron chi connectivity index (χ1n) is 5.54. The van der Waals surface area contributed by atoms with Gasteiger partial charge in [0.25, 0.3) is 0 Å². The molecule has 2 N–H and O–H groups in total. The van der Waals surface area contributed by atoms with Crippen LogP contribution in [0.25, 0.3) is 0 Å². The average Bonchev–Trinajstić information content (AvgIpc) is 2.42. The first-order chi connectivity index (χ1) is 8.40. The summed E-state index contributed by atoms with van der Waals surface area (Å²) in [5, 5.41) is 12.6. The summed E-state index contributed by atoms with van der Waals surface area (Å²) in [4.78, 5) is 8.17. The second kappa shape index (κ2) is 6.08. The molecule has 0 fully saturated rings. The van der Waals surface area contributed by atoms with Gasteiger partial charge in [-0.05, 0) is 5.56 Å². The van der Waals surface area contributed by atoms with Gasteiger partial charge in [0.2, 0.25) is 0 Å². The van der Waals surface area contributed by atoms with Crippen LogP contribution in [0.2, 0.25) is 0 Å². The largest absolute Gasteiger partial charge is 0.394 e. The van der Waals surface area contributed by atoms with Crippen molar-refractivity contribution in [2.24, 2.45) is 0 Å². The number of aliphatic hydroxyl groups excluding tert-OH is 1. The lowest BCUT2D eigenvalue weighted by Crippen LogP contribution is -2.24. The molecule has 1 heterocycles. The van der Waals surface area contributed by atoms with Crippen molar-refractivity contribution in [3.8, 4) is 0 Å². The highest BCUT2D eigenvalue weighted by Crippen LogP contribution is 2.11. The van der Waals surface area contributed by atoms with Gasteiger partial charge in [-0.3, -0.25) is 9.97 Å². The fourth-order valence-electron chi connectivity index (χ4n) is 1.62. The Morgan fingerprint density at radius 2 is 2.00 bits per heavy atom. The summed E-state index contributed by atoms with van der Waals surface area (Å²) in [6, 6.07) is 9.79. The second-order valence-electron chi connectivity index (χ2n) is 3.72. The van der Waals surface area contributed by atoms with E-state index in [2.05, 4.69) is 15.3 Å². The minimum absolute atomic E-state index is 0.0598. The fourth-order valence-corrected chi connectivity index (χ4v) is 1.62. The van der Waals surface area contributed by atoms with E-state index in [9.17, 15) is 5.11 Å². The molecular weight excluding hydrogens is 214 g/mol. The summed E-state index contributed by atoms with van der Waals surface area (Å²) in [5.74, 6) is 0. The van der Waals surface area contributed by atoms with Gasteiger partial charge in [-0.15, -0.1) is 0 Å². The number of hydrogen-bond acceptors (Lipinski definition) is 4. The van der Waals surface area contributed by atoms with Gasteiger partial charge in [-0.25, -0.2) is 0 Å². The molecule has 0 bridgehead atoms. The summed E-state index contributed by atoms with van der Waals surface area (Å²) < 4.78 is 0. The standard InChI is InChI=1S/C13H15N3O/c17-10-13(11-4-2-1-3-5-11)16-9-12-8-14-6-7-15-12/h1-8,13,16-17H,9-10H2/t13-/m1/s1. The molecule has 1 aromatic carbocycles. The SMILES string of the molecule is OC[C@@H](NCc1cnccn1)c1ccccc1. The molecular formula is C13H15N3O. The van der Waals surface area contributed by atoms with E-state index >= 15 is 0 Å². The van der Waals surface area contributed by atoms with Gasteiger partial charge in [-0.1, -0.05) is 30.3 Å². The Bertz CT molecular complexity index is 433. The van der Waals surface area contributed by atoms with E-state index < -0.39 is 0 Å². The Hall–Kier alpha value is -1.78. The van der Waals surface area contributed by atoms with Crippen LogP contribution < -0.4 is 5.32 Å². The van der Waals surface area contributed by atoms with Gasteiger partial charge in [0.05, 0.1) is 18.3 Å². The molecule has 2 aromatic rings. The molecule has 17 heavy (non-hydrogen) atoms. The molecule has 88 valence electrons. The maximum atomic E-state index is 9.36. The molecule has 0 amide bonds. The molecule has 0 aliphatic carbocycles. The second-order valence-corrected chi connectivity index (χ2v) is 3.72. The highest BCUT2D eigenvalue weighted by Gasteiger charge is 2.08. The normalized spacial score (nSPS) is 12.3.